The van der Waals surface area contributed by atoms with E-state index in [4.69, 9.17) is 6.42 Å². The van der Waals surface area contributed by atoms with Crippen LogP contribution in [0.15, 0.2) is 4.90 Å². The maximum absolute atomic E-state index is 11.8. The van der Waals surface area contributed by atoms with E-state index in [9.17, 15) is 8.42 Å². The van der Waals surface area contributed by atoms with Gasteiger partial charge in [0, 0.05) is 0 Å². The fraction of sp³-hybridized carbons (Fsp3) is 0.444. The second-order valence-corrected chi connectivity index (χ2v) is 4.92. The molecule has 0 amide bonds. The van der Waals surface area contributed by atoms with Crippen LogP contribution in [0.25, 0.3) is 0 Å². The molecular formula is C9H13N3O2S. The molecule has 0 saturated carbocycles. The molecule has 1 aromatic heterocycles. The number of aromatic nitrogens is 2. The van der Waals surface area contributed by atoms with Crippen LogP contribution in [0.4, 0.5) is 0 Å². The lowest BCUT2D eigenvalue weighted by atomic mass is 10.4. The Bertz CT molecular complexity index is 476. The number of nitrogens with one attached hydrogen (secondary N) is 2. The van der Waals surface area contributed by atoms with Crippen LogP contribution in [0.1, 0.15) is 18.3 Å². The molecule has 1 atom stereocenters. The summed E-state index contributed by atoms with van der Waals surface area (Å²) in [6, 6.07) is -0.538. The zero-order valence-electron chi connectivity index (χ0n) is 8.83. The normalized spacial score (nSPS) is 13.5. The van der Waals surface area contributed by atoms with Crippen molar-refractivity contribution in [1.29, 1.82) is 0 Å². The Kier molecular flexibility index (Phi) is 3.17. The lowest BCUT2D eigenvalue weighted by molar-refractivity contribution is 0.576. The second-order valence-electron chi connectivity index (χ2n) is 3.27. The number of nitrogens with zero attached hydrogens (tertiary/aromatic N) is 1. The first-order valence-electron chi connectivity index (χ1n) is 4.38. The van der Waals surface area contributed by atoms with E-state index in [1.165, 1.54) is 0 Å². The number of hydrogen-bond donors (Lipinski definition) is 2. The van der Waals surface area contributed by atoms with E-state index in [-0.39, 0.29) is 4.90 Å². The summed E-state index contributed by atoms with van der Waals surface area (Å²) >= 11 is 0. The number of aryl methyl sites for hydroxylation is 2. The summed E-state index contributed by atoms with van der Waals surface area (Å²) in [6.45, 7) is 4.87. The molecule has 1 unspecified atom stereocenters. The van der Waals surface area contributed by atoms with E-state index in [2.05, 4.69) is 20.8 Å². The first-order chi connectivity index (χ1) is 6.88. The summed E-state index contributed by atoms with van der Waals surface area (Å²) in [6.07, 6.45) is 5.11. The number of rotatable bonds is 3. The summed E-state index contributed by atoms with van der Waals surface area (Å²) in [5.74, 6) is 2.30. The Balaban J connectivity index is 3.14. The molecule has 0 saturated heterocycles. The first kappa shape index (κ1) is 11.8. The zero-order chi connectivity index (χ0) is 11.6. The van der Waals surface area contributed by atoms with Crippen molar-refractivity contribution in [2.75, 3.05) is 0 Å². The highest BCUT2D eigenvalue weighted by Crippen LogP contribution is 2.16. The van der Waals surface area contributed by atoms with Gasteiger partial charge >= 0.3 is 0 Å². The predicted molar refractivity (Wildman–Crippen MR) is 56.7 cm³/mol. The Labute approximate surface area is 89.3 Å². The number of aromatic amines is 1. The SMILES string of the molecule is C#CC(C)NS(=O)(=O)c1c(C)n[nH]c1C. The molecule has 0 aliphatic rings. The van der Waals surface area contributed by atoms with Crippen LogP contribution >= 0.6 is 0 Å². The van der Waals surface area contributed by atoms with Crippen molar-refractivity contribution in [3.05, 3.63) is 11.4 Å². The van der Waals surface area contributed by atoms with Gasteiger partial charge in [0.15, 0.2) is 0 Å². The highest BCUT2D eigenvalue weighted by Gasteiger charge is 2.23. The molecule has 1 aromatic rings. The molecular weight excluding hydrogens is 214 g/mol. The van der Waals surface area contributed by atoms with E-state index in [1.54, 1.807) is 20.8 Å². The molecule has 0 radical (unpaired) electrons. The van der Waals surface area contributed by atoms with E-state index in [0.717, 1.165) is 0 Å². The van der Waals surface area contributed by atoms with Crippen LogP contribution in [0.3, 0.4) is 0 Å². The Morgan fingerprint density at radius 1 is 1.53 bits per heavy atom. The summed E-state index contributed by atoms with van der Waals surface area (Å²) in [5.41, 5.74) is 0.938. The maximum Gasteiger partial charge on any atom is 0.245 e. The molecule has 1 rings (SSSR count). The lowest BCUT2D eigenvalue weighted by Gasteiger charge is -2.08. The second kappa shape index (κ2) is 4.04. The summed E-state index contributed by atoms with van der Waals surface area (Å²) in [7, 11) is -3.58. The number of hydrogen-bond acceptors (Lipinski definition) is 3. The van der Waals surface area contributed by atoms with Crippen LogP contribution in [0.2, 0.25) is 0 Å². The van der Waals surface area contributed by atoms with Gasteiger partial charge in [0.05, 0.1) is 17.4 Å². The zero-order valence-corrected chi connectivity index (χ0v) is 9.64. The van der Waals surface area contributed by atoms with E-state index in [1.807, 2.05) is 0 Å². The first-order valence-corrected chi connectivity index (χ1v) is 5.87. The summed E-state index contributed by atoms with van der Waals surface area (Å²) in [5, 5.41) is 6.43. The van der Waals surface area contributed by atoms with Crippen LogP contribution in [0.5, 0.6) is 0 Å². The summed E-state index contributed by atoms with van der Waals surface area (Å²) < 4.78 is 26.0. The lowest BCUT2D eigenvalue weighted by Crippen LogP contribution is -2.32. The molecule has 5 nitrogen and oxygen atoms in total. The topological polar surface area (TPSA) is 74.8 Å². The van der Waals surface area contributed by atoms with Gasteiger partial charge in [-0.05, 0) is 20.8 Å². The molecule has 0 spiro atoms. The minimum atomic E-state index is -3.58. The minimum absolute atomic E-state index is 0.171. The van der Waals surface area contributed by atoms with E-state index < -0.39 is 16.1 Å². The van der Waals surface area contributed by atoms with Gasteiger partial charge in [-0.25, -0.2) is 8.42 Å². The molecule has 0 aromatic carbocycles. The molecule has 0 bridgehead atoms. The quantitative estimate of drug-likeness (QED) is 0.730. The van der Waals surface area contributed by atoms with Crippen molar-refractivity contribution < 1.29 is 8.42 Å². The number of sulfonamides is 1. The van der Waals surface area contributed by atoms with Gasteiger partial charge in [-0.2, -0.15) is 9.82 Å². The average molecular weight is 227 g/mol. The summed E-state index contributed by atoms with van der Waals surface area (Å²) in [4.78, 5) is 0.171. The van der Waals surface area contributed by atoms with Gasteiger partial charge in [0.2, 0.25) is 10.0 Å². The molecule has 15 heavy (non-hydrogen) atoms. The Morgan fingerprint density at radius 3 is 2.53 bits per heavy atom. The Hall–Kier alpha value is -1.32. The van der Waals surface area contributed by atoms with Crippen molar-refractivity contribution in [2.24, 2.45) is 0 Å². The van der Waals surface area contributed by atoms with Gasteiger partial charge in [-0.3, -0.25) is 5.10 Å². The third-order valence-corrected chi connectivity index (χ3v) is 3.71. The third kappa shape index (κ3) is 2.37. The minimum Gasteiger partial charge on any atom is -0.281 e. The van der Waals surface area contributed by atoms with Crippen LogP contribution in [0, 0.1) is 26.2 Å². The van der Waals surface area contributed by atoms with Crippen molar-refractivity contribution in [3.63, 3.8) is 0 Å². The molecule has 82 valence electrons. The highest BCUT2D eigenvalue weighted by atomic mass is 32.2. The molecule has 6 heteroatoms. The van der Waals surface area contributed by atoms with Gasteiger partial charge in [0.1, 0.15) is 4.90 Å². The Morgan fingerprint density at radius 2 is 2.13 bits per heavy atom. The van der Waals surface area contributed by atoms with Crippen molar-refractivity contribution in [3.8, 4) is 12.3 Å². The van der Waals surface area contributed by atoms with Gasteiger partial charge in [-0.1, -0.05) is 5.92 Å². The molecule has 1 heterocycles. The largest absolute Gasteiger partial charge is 0.281 e. The van der Waals surface area contributed by atoms with Gasteiger partial charge in [0.25, 0.3) is 0 Å². The third-order valence-electron chi connectivity index (χ3n) is 1.91. The van der Waals surface area contributed by atoms with Crippen LogP contribution < -0.4 is 4.72 Å². The molecule has 0 fully saturated rings. The monoisotopic (exact) mass is 227 g/mol. The highest BCUT2D eigenvalue weighted by molar-refractivity contribution is 7.89. The van der Waals surface area contributed by atoms with Crippen LogP contribution in [-0.2, 0) is 10.0 Å². The van der Waals surface area contributed by atoms with Crippen molar-refractivity contribution in [1.82, 2.24) is 14.9 Å². The van der Waals surface area contributed by atoms with E-state index >= 15 is 0 Å². The molecule has 0 aliphatic heterocycles. The molecule has 0 aliphatic carbocycles. The maximum atomic E-state index is 11.8. The van der Waals surface area contributed by atoms with Crippen LogP contribution in [-0.4, -0.2) is 24.7 Å². The van der Waals surface area contributed by atoms with Gasteiger partial charge in [-0.15, -0.1) is 6.42 Å². The van der Waals surface area contributed by atoms with E-state index in [0.29, 0.717) is 11.4 Å². The molecule has 2 N–H and O–H groups in total. The standard InChI is InChI=1S/C9H13N3O2S/c1-5-6(2)12-15(13,14)9-7(3)10-11-8(9)4/h1,6,12H,2-4H3,(H,10,11). The smallest absolute Gasteiger partial charge is 0.245 e. The number of H-pyrrole nitrogens is 1. The predicted octanol–water partition coefficient (Wildman–Crippen LogP) is 0.327. The van der Waals surface area contributed by atoms with Crippen molar-refractivity contribution in [2.45, 2.75) is 31.7 Å². The van der Waals surface area contributed by atoms with Crippen molar-refractivity contribution >= 4 is 10.0 Å². The fourth-order valence-corrected chi connectivity index (χ4v) is 2.80. The number of terminal acetylenes is 1. The average Bonchev–Trinajstić information content (AvgIpc) is 2.45. The fourth-order valence-electron chi connectivity index (χ4n) is 1.26. The van der Waals surface area contributed by atoms with Gasteiger partial charge < -0.3 is 0 Å².